The summed E-state index contributed by atoms with van der Waals surface area (Å²) in [5, 5.41) is 19.3. The lowest BCUT2D eigenvalue weighted by atomic mass is 9.92. The van der Waals surface area contributed by atoms with Crippen LogP contribution in [0.5, 0.6) is 5.75 Å². The second-order valence-electron chi connectivity index (χ2n) is 5.67. The van der Waals surface area contributed by atoms with E-state index in [-0.39, 0.29) is 12.4 Å². The molecular formula is C20H16O2. The number of phenolic OH excluding ortho intramolecular Hbond substituents is 1. The van der Waals surface area contributed by atoms with Gasteiger partial charge in [-0.3, -0.25) is 0 Å². The first-order chi connectivity index (χ1) is 10.8. The van der Waals surface area contributed by atoms with Crippen molar-refractivity contribution in [1.82, 2.24) is 0 Å². The van der Waals surface area contributed by atoms with Gasteiger partial charge in [0.05, 0.1) is 6.61 Å². The van der Waals surface area contributed by atoms with E-state index in [2.05, 4.69) is 42.5 Å². The molecule has 3 aromatic carbocycles. The highest BCUT2D eigenvalue weighted by Gasteiger charge is 2.21. The topological polar surface area (TPSA) is 40.5 Å². The summed E-state index contributed by atoms with van der Waals surface area (Å²) in [6, 6.07) is 20.0. The first-order valence-corrected chi connectivity index (χ1v) is 7.41. The van der Waals surface area contributed by atoms with Crippen molar-refractivity contribution in [2.75, 3.05) is 0 Å². The van der Waals surface area contributed by atoms with Gasteiger partial charge in [0.25, 0.3) is 0 Å². The van der Waals surface area contributed by atoms with Crippen LogP contribution in [0.15, 0.2) is 60.7 Å². The molecule has 2 heteroatoms. The Labute approximate surface area is 129 Å². The Morgan fingerprint density at radius 3 is 2.32 bits per heavy atom. The summed E-state index contributed by atoms with van der Waals surface area (Å²) >= 11 is 0. The minimum Gasteiger partial charge on any atom is -0.508 e. The molecule has 2 N–H and O–H groups in total. The van der Waals surface area contributed by atoms with Gasteiger partial charge in [-0.1, -0.05) is 48.5 Å². The number of aliphatic hydroxyl groups is 1. The lowest BCUT2D eigenvalue weighted by Crippen LogP contribution is -1.93. The van der Waals surface area contributed by atoms with Crippen molar-refractivity contribution in [3.8, 4) is 28.0 Å². The third-order valence-electron chi connectivity index (χ3n) is 4.40. The van der Waals surface area contributed by atoms with Gasteiger partial charge >= 0.3 is 0 Å². The molecule has 1 aliphatic rings. The molecule has 0 spiro atoms. The zero-order chi connectivity index (χ0) is 15.1. The SMILES string of the molecule is OCc1cc(O)ccc1-c1cccc2c1Cc1ccccc1-2. The molecule has 0 heterocycles. The summed E-state index contributed by atoms with van der Waals surface area (Å²) < 4.78 is 0. The van der Waals surface area contributed by atoms with Gasteiger partial charge in [-0.25, -0.2) is 0 Å². The van der Waals surface area contributed by atoms with Crippen LogP contribution >= 0.6 is 0 Å². The summed E-state index contributed by atoms with van der Waals surface area (Å²) in [6.45, 7) is -0.0830. The van der Waals surface area contributed by atoms with Crippen LogP contribution < -0.4 is 0 Å². The summed E-state index contributed by atoms with van der Waals surface area (Å²) in [7, 11) is 0. The van der Waals surface area contributed by atoms with Crippen LogP contribution in [0.3, 0.4) is 0 Å². The molecule has 0 unspecified atom stereocenters. The van der Waals surface area contributed by atoms with Gasteiger partial charge in [0.1, 0.15) is 5.75 Å². The average molecular weight is 288 g/mol. The molecule has 0 fully saturated rings. The van der Waals surface area contributed by atoms with Gasteiger partial charge in [0.2, 0.25) is 0 Å². The number of hydrogen-bond donors (Lipinski definition) is 2. The third kappa shape index (κ3) is 1.92. The summed E-state index contributed by atoms with van der Waals surface area (Å²) in [6.07, 6.45) is 0.910. The van der Waals surface area contributed by atoms with Crippen LogP contribution in [0.2, 0.25) is 0 Å². The van der Waals surface area contributed by atoms with Crippen molar-refractivity contribution in [2.24, 2.45) is 0 Å². The van der Waals surface area contributed by atoms with Crippen molar-refractivity contribution in [1.29, 1.82) is 0 Å². The number of fused-ring (bicyclic) bond motifs is 3. The maximum atomic E-state index is 9.64. The zero-order valence-corrected chi connectivity index (χ0v) is 12.1. The minimum absolute atomic E-state index is 0.0830. The van der Waals surface area contributed by atoms with E-state index in [1.807, 2.05) is 6.07 Å². The van der Waals surface area contributed by atoms with Crippen LogP contribution in [-0.4, -0.2) is 10.2 Å². The molecule has 108 valence electrons. The van der Waals surface area contributed by atoms with E-state index in [1.54, 1.807) is 12.1 Å². The molecule has 0 saturated heterocycles. The maximum Gasteiger partial charge on any atom is 0.115 e. The highest BCUT2D eigenvalue weighted by molar-refractivity contribution is 5.85. The van der Waals surface area contributed by atoms with Gasteiger partial charge in [0.15, 0.2) is 0 Å². The molecule has 0 aromatic heterocycles. The molecule has 3 aromatic rings. The van der Waals surface area contributed by atoms with Crippen LogP contribution in [-0.2, 0) is 13.0 Å². The quantitative estimate of drug-likeness (QED) is 0.582. The molecule has 22 heavy (non-hydrogen) atoms. The molecule has 0 radical (unpaired) electrons. The fraction of sp³-hybridized carbons (Fsp3) is 0.100. The fourth-order valence-corrected chi connectivity index (χ4v) is 3.38. The Morgan fingerprint density at radius 1 is 0.773 bits per heavy atom. The second-order valence-corrected chi connectivity index (χ2v) is 5.67. The number of benzene rings is 3. The van der Waals surface area contributed by atoms with Gasteiger partial charge < -0.3 is 10.2 Å². The van der Waals surface area contributed by atoms with Gasteiger partial charge in [-0.2, -0.15) is 0 Å². The number of phenols is 1. The van der Waals surface area contributed by atoms with Crippen LogP contribution in [0.1, 0.15) is 16.7 Å². The molecular weight excluding hydrogens is 272 g/mol. The van der Waals surface area contributed by atoms with E-state index in [0.717, 1.165) is 23.1 Å². The van der Waals surface area contributed by atoms with Crippen LogP contribution in [0, 0.1) is 0 Å². The number of rotatable bonds is 2. The molecule has 0 amide bonds. The summed E-state index contributed by atoms with van der Waals surface area (Å²) in [5.74, 6) is 0.184. The van der Waals surface area contributed by atoms with E-state index < -0.39 is 0 Å². The average Bonchev–Trinajstić information content (AvgIpc) is 2.93. The summed E-state index contributed by atoms with van der Waals surface area (Å²) in [4.78, 5) is 0. The molecule has 2 nitrogen and oxygen atoms in total. The van der Waals surface area contributed by atoms with Crippen LogP contribution in [0.25, 0.3) is 22.3 Å². The fourth-order valence-electron chi connectivity index (χ4n) is 3.38. The summed E-state index contributed by atoms with van der Waals surface area (Å²) in [5.41, 5.74) is 8.08. The maximum absolute atomic E-state index is 9.64. The predicted molar refractivity (Wildman–Crippen MR) is 87.7 cm³/mol. The van der Waals surface area contributed by atoms with Crippen molar-refractivity contribution >= 4 is 0 Å². The normalized spacial score (nSPS) is 12.0. The Hall–Kier alpha value is -2.58. The standard InChI is InChI=1S/C20H16O2/c21-12-14-10-15(22)8-9-17(14)19-7-3-6-18-16-5-2-1-4-13(16)11-20(18)19/h1-10,21-22H,11-12H2. The minimum atomic E-state index is -0.0830. The van der Waals surface area contributed by atoms with E-state index in [4.69, 9.17) is 0 Å². The van der Waals surface area contributed by atoms with E-state index in [1.165, 1.54) is 22.3 Å². The van der Waals surface area contributed by atoms with E-state index in [0.29, 0.717) is 0 Å². The van der Waals surface area contributed by atoms with E-state index in [9.17, 15) is 10.2 Å². The first-order valence-electron chi connectivity index (χ1n) is 7.41. The van der Waals surface area contributed by atoms with Crippen molar-refractivity contribution in [3.05, 3.63) is 77.4 Å². The second kappa shape index (κ2) is 5.00. The van der Waals surface area contributed by atoms with Crippen LogP contribution in [0.4, 0.5) is 0 Å². The lowest BCUT2D eigenvalue weighted by molar-refractivity contribution is 0.281. The first kappa shape index (κ1) is 13.1. The van der Waals surface area contributed by atoms with Gasteiger partial charge in [-0.05, 0) is 57.5 Å². The molecule has 1 aliphatic carbocycles. The molecule has 0 aliphatic heterocycles. The van der Waals surface area contributed by atoms with Crippen molar-refractivity contribution in [3.63, 3.8) is 0 Å². The Morgan fingerprint density at radius 2 is 1.50 bits per heavy atom. The molecule has 0 saturated carbocycles. The predicted octanol–water partition coefficient (Wildman–Crippen LogP) is 4.12. The Kier molecular flexibility index (Phi) is 2.98. The molecule has 0 bridgehead atoms. The van der Waals surface area contributed by atoms with Crippen molar-refractivity contribution in [2.45, 2.75) is 13.0 Å². The van der Waals surface area contributed by atoms with Crippen molar-refractivity contribution < 1.29 is 10.2 Å². The molecule has 0 atom stereocenters. The molecule has 4 rings (SSSR count). The van der Waals surface area contributed by atoms with Gasteiger partial charge in [-0.15, -0.1) is 0 Å². The van der Waals surface area contributed by atoms with Gasteiger partial charge in [0, 0.05) is 0 Å². The largest absolute Gasteiger partial charge is 0.508 e. The number of aliphatic hydroxyl groups excluding tert-OH is 1. The van der Waals surface area contributed by atoms with E-state index >= 15 is 0 Å². The number of aromatic hydroxyl groups is 1. The highest BCUT2D eigenvalue weighted by atomic mass is 16.3. The Bertz CT molecular complexity index is 865. The zero-order valence-electron chi connectivity index (χ0n) is 12.1. The number of hydrogen-bond acceptors (Lipinski definition) is 2. The monoisotopic (exact) mass is 288 g/mol. The smallest absolute Gasteiger partial charge is 0.115 e. The third-order valence-corrected chi connectivity index (χ3v) is 4.40. The Balaban J connectivity index is 1.93. The lowest BCUT2D eigenvalue weighted by Gasteiger charge is -2.13. The highest BCUT2D eigenvalue weighted by Crippen LogP contribution is 2.42.